The predicted molar refractivity (Wildman–Crippen MR) is 59.4 cm³/mol. The summed E-state index contributed by atoms with van der Waals surface area (Å²) < 4.78 is 40.6. The predicted octanol–water partition coefficient (Wildman–Crippen LogP) is 3.42. The quantitative estimate of drug-likeness (QED) is 0.903. The molecule has 6 heteroatoms. The van der Waals surface area contributed by atoms with Gasteiger partial charge in [-0.15, -0.1) is 13.2 Å². The summed E-state index contributed by atoms with van der Waals surface area (Å²) in [5.41, 5.74) is 0.710. The van der Waals surface area contributed by atoms with Crippen molar-refractivity contribution in [3.63, 3.8) is 0 Å². The molecule has 0 saturated heterocycles. The van der Waals surface area contributed by atoms with Gasteiger partial charge in [-0.1, -0.05) is 25.5 Å². The van der Waals surface area contributed by atoms with Gasteiger partial charge in [-0.2, -0.15) is 0 Å². The standard InChI is InChI=1S/C12H12F3NO2/c1-2-4-8-7-5-3-6-9(18-12(13,14)15)10(7)16-11(8)17/h3,5-6,8H,2,4H2,1H3,(H,16,17). The molecule has 0 fully saturated rings. The summed E-state index contributed by atoms with van der Waals surface area (Å²) in [6.45, 7) is 1.92. The van der Waals surface area contributed by atoms with Crippen molar-refractivity contribution in [3.8, 4) is 5.75 Å². The number of fused-ring (bicyclic) bond motifs is 1. The fraction of sp³-hybridized carbons (Fsp3) is 0.417. The molecular formula is C12H12F3NO2. The number of para-hydroxylation sites is 1. The summed E-state index contributed by atoms with van der Waals surface area (Å²) in [5.74, 6) is -1.01. The van der Waals surface area contributed by atoms with E-state index in [1.807, 2.05) is 6.92 Å². The van der Waals surface area contributed by atoms with Crippen LogP contribution in [0.1, 0.15) is 31.2 Å². The van der Waals surface area contributed by atoms with Crippen LogP contribution in [0, 0.1) is 0 Å². The molecule has 1 aromatic rings. The number of carbonyl (C=O) groups is 1. The maximum atomic E-state index is 12.2. The summed E-state index contributed by atoms with van der Waals surface area (Å²) in [6, 6.07) is 4.31. The monoisotopic (exact) mass is 259 g/mol. The summed E-state index contributed by atoms with van der Waals surface area (Å²) in [4.78, 5) is 11.7. The van der Waals surface area contributed by atoms with Gasteiger partial charge in [0.15, 0.2) is 5.75 Å². The second-order valence-corrected chi connectivity index (χ2v) is 4.10. The molecule has 1 aliphatic heterocycles. The average Bonchev–Trinajstić information content (AvgIpc) is 2.56. The Morgan fingerprint density at radius 3 is 2.72 bits per heavy atom. The second-order valence-electron chi connectivity index (χ2n) is 4.10. The minimum absolute atomic E-state index is 0.137. The SMILES string of the molecule is CCCC1C(=O)Nc2c(OC(F)(F)F)cccc21. The number of benzene rings is 1. The third-order valence-corrected chi connectivity index (χ3v) is 2.80. The Kier molecular flexibility index (Phi) is 3.19. The molecule has 2 rings (SSSR count). The van der Waals surface area contributed by atoms with Crippen molar-refractivity contribution >= 4 is 11.6 Å². The lowest BCUT2D eigenvalue weighted by Gasteiger charge is -2.12. The number of hydrogen-bond donors (Lipinski definition) is 1. The van der Waals surface area contributed by atoms with E-state index in [9.17, 15) is 18.0 Å². The minimum atomic E-state index is -4.76. The largest absolute Gasteiger partial charge is 0.573 e. The van der Waals surface area contributed by atoms with Gasteiger partial charge in [0, 0.05) is 0 Å². The Morgan fingerprint density at radius 1 is 1.39 bits per heavy atom. The van der Waals surface area contributed by atoms with E-state index in [1.165, 1.54) is 12.1 Å². The molecule has 1 heterocycles. The Hall–Kier alpha value is -1.72. The highest BCUT2D eigenvalue weighted by molar-refractivity contribution is 6.04. The number of carbonyl (C=O) groups excluding carboxylic acids is 1. The molecule has 0 spiro atoms. The van der Waals surface area contributed by atoms with Gasteiger partial charge in [0.05, 0.1) is 11.6 Å². The van der Waals surface area contributed by atoms with Gasteiger partial charge in [-0.3, -0.25) is 4.79 Å². The van der Waals surface area contributed by atoms with E-state index in [0.29, 0.717) is 12.0 Å². The van der Waals surface area contributed by atoms with Gasteiger partial charge in [0.1, 0.15) is 0 Å². The fourth-order valence-corrected chi connectivity index (χ4v) is 2.11. The molecule has 0 radical (unpaired) electrons. The number of halogens is 3. The van der Waals surface area contributed by atoms with Gasteiger partial charge in [0.2, 0.25) is 5.91 Å². The van der Waals surface area contributed by atoms with Gasteiger partial charge in [-0.25, -0.2) is 0 Å². The van der Waals surface area contributed by atoms with Gasteiger partial charge in [0.25, 0.3) is 0 Å². The van der Waals surface area contributed by atoms with E-state index in [1.54, 1.807) is 6.07 Å². The average molecular weight is 259 g/mol. The molecule has 3 nitrogen and oxygen atoms in total. The van der Waals surface area contributed by atoms with Crippen LogP contribution >= 0.6 is 0 Å². The molecule has 1 N–H and O–H groups in total. The highest BCUT2D eigenvalue weighted by Crippen LogP contribution is 2.42. The van der Waals surface area contributed by atoms with Crippen LogP contribution in [0.4, 0.5) is 18.9 Å². The Balaban J connectivity index is 2.36. The van der Waals surface area contributed by atoms with Crippen LogP contribution in [0.15, 0.2) is 18.2 Å². The summed E-state index contributed by atoms with van der Waals surface area (Å²) >= 11 is 0. The first-order chi connectivity index (χ1) is 8.42. The van der Waals surface area contributed by atoms with Crippen molar-refractivity contribution in [2.45, 2.75) is 32.0 Å². The lowest BCUT2D eigenvalue weighted by Crippen LogP contribution is -2.18. The van der Waals surface area contributed by atoms with E-state index in [4.69, 9.17) is 0 Å². The van der Waals surface area contributed by atoms with Crippen molar-refractivity contribution in [1.29, 1.82) is 0 Å². The normalized spacial score (nSPS) is 18.4. The van der Waals surface area contributed by atoms with Crippen LogP contribution in [0.5, 0.6) is 5.75 Å². The van der Waals surface area contributed by atoms with E-state index in [0.717, 1.165) is 6.42 Å². The van der Waals surface area contributed by atoms with Crippen molar-refractivity contribution in [1.82, 2.24) is 0 Å². The van der Waals surface area contributed by atoms with Crippen LogP contribution in [-0.2, 0) is 4.79 Å². The minimum Gasteiger partial charge on any atom is -0.404 e. The zero-order valence-corrected chi connectivity index (χ0v) is 9.67. The van der Waals surface area contributed by atoms with E-state index in [-0.39, 0.29) is 23.3 Å². The van der Waals surface area contributed by atoms with Crippen molar-refractivity contribution < 1.29 is 22.7 Å². The summed E-state index contributed by atoms with van der Waals surface area (Å²) in [7, 11) is 0. The van der Waals surface area contributed by atoms with Crippen LogP contribution < -0.4 is 10.1 Å². The molecule has 0 aromatic heterocycles. The fourth-order valence-electron chi connectivity index (χ4n) is 2.11. The van der Waals surface area contributed by atoms with E-state index >= 15 is 0 Å². The third-order valence-electron chi connectivity index (χ3n) is 2.80. The number of hydrogen-bond acceptors (Lipinski definition) is 2. The zero-order chi connectivity index (χ0) is 13.3. The molecule has 98 valence electrons. The van der Waals surface area contributed by atoms with Gasteiger partial charge >= 0.3 is 6.36 Å². The van der Waals surface area contributed by atoms with Crippen LogP contribution in [0.2, 0.25) is 0 Å². The molecule has 1 aliphatic rings. The molecule has 1 unspecified atom stereocenters. The first-order valence-electron chi connectivity index (χ1n) is 5.62. The van der Waals surface area contributed by atoms with Gasteiger partial charge < -0.3 is 10.1 Å². The Bertz CT molecular complexity index is 471. The summed E-state index contributed by atoms with van der Waals surface area (Å²) in [6.07, 6.45) is -3.38. The lowest BCUT2D eigenvalue weighted by atomic mass is 9.96. The highest BCUT2D eigenvalue weighted by Gasteiger charge is 2.36. The maximum absolute atomic E-state index is 12.2. The molecular weight excluding hydrogens is 247 g/mol. The molecule has 1 amide bonds. The number of rotatable bonds is 3. The van der Waals surface area contributed by atoms with Crippen LogP contribution in [-0.4, -0.2) is 12.3 Å². The van der Waals surface area contributed by atoms with Crippen LogP contribution in [0.3, 0.4) is 0 Å². The van der Waals surface area contributed by atoms with Crippen LogP contribution in [0.25, 0.3) is 0 Å². The molecule has 1 atom stereocenters. The number of alkyl halides is 3. The highest BCUT2D eigenvalue weighted by atomic mass is 19.4. The maximum Gasteiger partial charge on any atom is 0.573 e. The molecule has 0 bridgehead atoms. The van der Waals surface area contributed by atoms with Crippen molar-refractivity contribution in [3.05, 3.63) is 23.8 Å². The topological polar surface area (TPSA) is 38.3 Å². The molecule has 0 saturated carbocycles. The van der Waals surface area contributed by atoms with Gasteiger partial charge in [-0.05, 0) is 18.1 Å². The molecule has 18 heavy (non-hydrogen) atoms. The number of amides is 1. The van der Waals surface area contributed by atoms with Crippen molar-refractivity contribution in [2.24, 2.45) is 0 Å². The smallest absolute Gasteiger partial charge is 0.404 e. The summed E-state index contributed by atoms with van der Waals surface area (Å²) in [5, 5.41) is 2.46. The number of anilines is 1. The Labute approximate surface area is 102 Å². The Morgan fingerprint density at radius 2 is 2.11 bits per heavy atom. The number of ether oxygens (including phenoxy) is 1. The second kappa shape index (κ2) is 4.51. The van der Waals surface area contributed by atoms with Crippen molar-refractivity contribution in [2.75, 3.05) is 5.32 Å². The first kappa shape index (κ1) is 12.7. The zero-order valence-electron chi connectivity index (χ0n) is 9.67. The number of nitrogens with one attached hydrogen (secondary N) is 1. The first-order valence-corrected chi connectivity index (χ1v) is 5.62. The van der Waals surface area contributed by atoms with E-state index < -0.39 is 6.36 Å². The third kappa shape index (κ3) is 2.42. The lowest BCUT2D eigenvalue weighted by molar-refractivity contribution is -0.274. The van der Waals surface area contributed by atoms with E-state index in [2.05, 4.69) is 10.1 Å². The molecule has 0 aliphatic carbocycles. The molecule has 1 aromatic carbocycles.